The summed E-state index contributed by atoms with van der Waals surface area (Å²) >= 11 is 13.1. The maximum absolute atomic E-state index is 11.6. The molecule has 2 rings (SSSR count). The van der Waals surface area contributed by atoms with Crippen molar-refractivity contribution in [3.05, 3.63) is 50.6 Å². The van der Waals surface area contributed by atoms with E-state index in [0.29, 0.717) is 33.7 Å². The first-order chi connectivity index (χ1) is 11.1. The zero-order chi connectivity index (χ0) is 16.7. The van der Waals surface area contributed by atoms with Gasteiger partial charge in [0, 0.05) is 11.4 Å². The van der Waals surface area contributed by atoms with Gasteiger partial charge in [0.2, 0.25) is 5.91 Å². The molecule has 2 aromatic rings. The Morgan fingerprint density at radius 3 is 2.70 bits per heavy atom. The van der Waals surface area contributed by atoms with Crippen molar-refractivity contribution in [3.63, 3.8) is 0 Å². The van der Waals surface area contributed by atoms with E-state index in [1.54, 1.807) is 35.7 Å². The summed E-state index contributed by atoms with van der Waals surface area (Å²) in [5.74, 6) is -0.110. The number of hydrogen-bond acceptors (Lipinski definition) is 4. The predicted octanol–water partition coefficient (Wildman–Crippen LogP) is 3.68. The maximum atomic E-state index is 11.6. The lowest BCUT2D eigenvalue weighted by Gasteiger charge is -2.09. The summed E-state index contributed by atoms with van der Waals surface area (Å²) in [7, 11) is 0. The molecule has 0 aliphatic heterocycles. The average molecular weight is 373 g/mol. The Kier molecular flexibility index (Phi) is 6.70. The Morgan fingerprint density at radius 1 is 1.17 bits per heavy atom. The van der Waals surface area contributed by atoms with Gasteiger partial charge in [-0.25, -0.2) is 0 Å². The van der Waals surface area contributed by atoms with Crippen LogP contribution in [0, 0.1) is 0 Å². The zero-order valence-electron chi connectivity index (χ0n) is 12.0. The Bertz CT molecular complexity index is 677. The highest BCUT2D eigenvalue weighted by Gasteiger charge is 2.08. The summed E-state index contributed by atoms with van der Waals surface area (Å²) in [4.78, 5) is 23.8. The lowest BCUT2D eigenvalue weighted by Crippen LogP contribution is -2.41. The standard InChI is InChI=1S/C15H14Cl2N2O3S/c16-10-5-6-12(11(17)9-10)22-7-1-4-14(20)18-19-15(21)13-3-2-8-23-13/h2-3,5-6,8-9H,1,4,7H2,(H,18,20)(H,19,21). The van der Waals surface area contributed by atoms with Gasteiger partial charge in [-0.1, -0.05) is 29.3 Å². The Labute approximate surface area is 147 Å². The van der Waals surface area contributed by atoms with Crippen LogP contribution in [0.15, 0.2) is 35.7 Å². The molecule has 0 aliphatic rings. The van der Waals surface area contributed by atoms with Crippen LogP contribution < -0.4 is 15.6 Å². The Balaban J connectivity index is 1.64. The molecule has 0 bridgehead atoms. The highest BCUT2D eigenvalue weighted by molar-refractivity contribution is 7.12. The molecule has 2 amide bonds. The average Bonchev–Trinajstić information content (AvgIpc) is 3.05. The molecule has 1 heterocycles. The molecule has 0 radical (unpaired) electrons. The third-order valence-corrected chi connectivity index (χ3v) is 4.16. The van der Waals surface area contributed by atoms with E-state index in [0.717, 1.165) is 0 Å². The molecule has 0 unspecified atom stereocenters. The van der Waals surface area contributed by atoms with E-state index in [9.17, 15) is 9.59 Å². The highest BCUT2D eigenvalue weighted by atomic mass is 35.5. The van der Waals surface area contributed by atoms with Crippen LogP contribution in [-0.2, 0) is 4.79 Å². The lowest BCUT2D eigenvalue weighted by molar-refractivity contribution is -0.122. The number of hydrazine groups is 1. The molecule has 23 heavy (non-hydrogen) atoms. The number of amides is 2. The van der Waals surface area contributed by atoms with Gasteiger partial charge in [-0.2, -0.15) is 0 Å². The number of carbonyl (C=O) groups is 2. The van der Waals surface area contributed by atoms with Crippen LogP contribution in [0.1, 0.15) is 22.5 Å². The molecule has 8 heteroatoms. The molecular formula is C15H14Cl2N2O3S. The van der Waals surface area contributed by atoms with Gasteiger partial charge in [-0.3, -0.25) is 20.4 Å². The predicted molar refractivity (Wildman–Crippen MR) is 91.1 cm³/mol. The van der Waals surface area contributed by atoms with Crippen LogP contribution in [0.4, 0.5) is 0 Å². The quantitative estimate of drug-likeness (QED) is 0.600. The number of rotatable bonds is 6. The molecule has 0 spiro atoms. The van der Waals surface area contributed by atoms with E-state index in [-0.39, 0.29) is 18.2 Å². The first-order valence-corrected chi connectivity index (χ1v) is 8.40. The van der Waals surface area contributed by atoms with Crippen LogP contribution in [0.2, 0.25) is 10.0 Å². The van der Waals surface area contributed by atoms with E-state index < -0.39 is 0 Å². The Hall–Kier alpha value is -1.76. The third kappa shape index (κ3) is 5.74. The molecule has 1 aromatic carbocycles. The highest BCUT2D eigenvalue weighted by Crippen LogP contribution is 2.27. The summed E-state index contributed by atoms with van der Waals surface area (Å²) < 4.78 is 5.47. The summed E-state index contributed by atoms with van der Waals surface area (Å²) in [6, 6.07) is 8.38. The molecule has 0 fully saturated rings. The Morgan fingerprint density at radius 2 is 2.00 bits per heavy atom. The summed E-state index contributed by atoms with van der Waals surface area (Å²) in [5, 5.41) is 2.74. The first-order valence-electron chi connectivity index (χ1n) is 6.77. The second-order valence-corrected chi connectivity index (χ2v) is 6.30. The van der Waals surface area contributed by atoms with Gasteiger partial charge in [-0.05, 0) is 36.1 Å². The van der Waals surface area contributed by atoms with E-state index in [1.807, 2.05) is 0 Å². The number of carbonyl (C=O) groups excluding carboxylic acids is 2. The van der Waals surface area contributed by atoms with Crippen LogP contribution in [0.5, 0.6) is 5.75 Å². The van der Waals surface area contributed by atoms with E-state index in [4.69, 9.17) is 27.9 Å². The van der Waals surface area contributed by atoms with Crippen LogP contribution in [0.25, 0.3) is 0 Å². The van der Waals surface area contributed by atoms with Crippen molar-refractivity contribution in [3.8, 4) is 5.75 Å². The SMILES string of the molecule is O=C(CCCOc1ccc(Cl)cc1Cl)NNC(=O)c1cccs1. The van der Waals surface area contributed by atoms with Gasteiger partial charge >= 0.3 is 0 Å². The van der Waals surface area contributed by atoms with Crippen molar-refractivity contribution < 1.29 is 14.3 Å². The van der Waals surface area contributed by atoms with Gasteiger partial charge in [0.25, 0.3) is 5.91 Å². The minimum atomic E-state index is -0.336. The molecule has 0 saturated heterocycles. The molecule has 0 atom stereocenters. The minimum absolute atomic E-state index is 0.218. The fourth-order valence-electron chi connectivity index (χ4n) is 1.67. The molecule has 5 nitrogen and oxygen atoms in total. The van der Waals surface area contributed by atoms with Crippen molar-refractivity contribution in [1.29, 1.82) is 0 Å². The minimum Gasteiger partial charge on any atom is -0.492 e. The number of thiophene rings is 1. The summed E-state index contributed by atoms with van der Waals surface area (Å²) in [5.41, 5.74) is 4.71. The van der Waals surface area contributed by atoms with Crippen molar-refractivity contribution >= 4 is 46.4 Å². The number of hydrogen-bond donors (Lipinski definition) is 2. The zero-order valence-corrected chi connectivity index (χ0v) is 14.3. The topological polar surface area (TPSA) is 67.4 Å². The van der Waals surface area contributed by atoms with Crippen molar-refractivity contribution in [2.75, 3.05) is 6.61 Å². The van der Waals surface area contributed by atoms with E-state index in [1.165, 1.54) is 11.3 Å². The lowest BCUT2D eigenvalue weighted by atomic mass is 10.3. The van der Waals surface area contributed by atoms with Gasteiger partial charge in [0.05, 0.1) is 16.5 Å². The molecule has 122 valence electrons. The van der Waals surface area contributed by atoms with Crippen LogP contribution in [-0.4, -0.2) is 18.4 Å². The number of nitrogens with one attached hydrogen (secondary N) is 2. The molecular weight excluding hydrogens is 359 g/mol. The van der Waals surface area contributed by atoms with E-state index in [2.05, 4.69) is 10.9 Å². The molecule has 0 saturated carbocycles. The molecule has 1 aromatic heterocycles. The third-order valence-electron chi connectivity index (χ3n) is 2.76. The smallest absolute Gasteiger partial charge is 0.279 e. The van der Waals surface area contributed by atoms with Gasteiger partial charge in [0.1, 0.15) is 5.75 Å². The van der Waals surface area contributed by atoms with Gasteiger partial charge < -0.3 is 4.74 Å². The van der Waals surface area contributed by atoms with Crippen LogP contribution in [0.3, 0.4) is 0 Å². The summed E-state index contributed by atoms with van der Waals surface area (Å²) in [6.07, 6.45) is 0.704. The fraction of sp³-hybridized carbons (Fsp3) is 0.200. The monoisotopic (exact) mass is 372 g/mol. The van der Waals surface area contributed by atoms with Crippen molar-refractivity contribution in [2.24, 2.45) is 0 Å². The number of benzene rings is 1. The number of halogens is 2. The molecule has 0 aliphatic carbocycles. The maximum Gasteiger partial charge on any atom is 0.279 e. The van der Waals surface area contributed by atoms with Crippen molar-refractivity contribution in [1.82, 2.24) is 10.9 Å². The fourth-order valence-corrected chi connectivity index (χ4v) is 2.75. The van der Waals surface area contributed by atoms with Gasteiger partial charge in [0.15, 0.2) is 0 Å². The second-order valence-electron chi connectivity index (χ2n) is 4.51. The summed E-state index contributed by atoms with van der Waals surface area (Å²) in [6.45, 7) is 0.327. The van der Waals surface area contributed by atoms with Gasteiger partial charge in [-0.15, -0.1) is 11.3 Å². The molecule has 2 N–H and O–H groups in total. The van der Waals surface area contributed by atoms with E-state index >= 15 is 0 Å². The largest absolute Gasteiger partial charge is 0.492 e. The van der Waals surface area contributed by atoms with Crippen molar-refractivity contribution in [2.45, 2.75) is 12.8 Å². The second kappa shape index (κ2) is 8.76. The first kappa shape index (κ1) is 17.6. The van der Waals surface area contributed by atoms with Crippen LogP contribution >= 0.6 is 34.5 Å². The normalized spacial score (nSPS) is 10.2. The number of ether oxygens (including phenoxy) is 1.